The highest BCUT2D eigenvalue weighted by molar-refractivity contribution is 5.94. The Hall–Kier alpha value is -2.34. The van der Waals surface area contributed by atoms with E-state index in [0.29, 0.717) is 11.5 Å². The minimum Gasteiger partial charge on any atom is -0.463 e. The molecule has 21 heavy (non-hydrogen) atoms. The van der Waals surface area contributed by atoms with Gasteiger partial charge in [-0.15, -0.1) is 0 Å². The predicted octanol–water partition coefficient (Wildman–Crippen LogP) is 1.12. The van der Waals surface area contributed by atoms with Crippen LogP contribution < -0.4 is 16.2 Å². The van der Waals surface area contributed by atoms with E-state index in [1.54, 1.807) is 18.2 Å². The molecule has 1 fully saturated rings. The molecule has 1 saturated heterocycles. The molecule has 0 saturated carbocycles. The molecule has 0 radical (unpaired) electrons. The van der Waals surface area contributed by atoms with Crippen molar-refractivity contribution in [3.8, 4) is 11.5 Å². The van der Waals surface area contributed by atoms with Gasteiger partial charge in [-0.05, 0) is 43.7 Å². The smallest absolute Gasteiger partial charge is 0.261 e. The van der Waals surface area contributed by atoms with Gasteiger partial charge in [0.1, 0.15) is 11.3 Å². The number of carbonyl (C=O) groups excluding carboxylic acids is 1. The van der Waals surface area contributed by atoms with Gasteiger partial charge in [0.25, 0.3) is 11.5 Å². The van der Waals surface area contributed by atoms with E-state index in [1.165, 1.54) is 12.3 Å². The van der Waals surface area contributed by atoms with Crippen LogP contribution in [0.1, 0.15) is 23.2 Å². The number of piperidine rings is 1. The average molecular weight is 287 g/mol. The summed E-state index contributed by atoms with van der Waals surface area (Å²) in [5, 5.41) is 6.11. The number of hydrogen-bond acceptors (Lipinski definition) is 4. The Morgan fingerprint density at radius 2 is 2.24 bits per heavy atom. The lowest BCUT2D eigenvalue weighted by Crippen LogP contribution is -2.46. The Labute approximate surface area is 121 Å². The fourth-order valence-corrected chi connectivity index (χ4v) is 2.47. The lowest BCUT2D eigenvalue weighted by Gasteiger charge is -2.23. The Bertz CT molecular complexity index is 670. The van der Waals surface area contributed by atoms with Crippen molar-refractivity contribution in [3.63, 3.8) is 0 Å². The summed E-state index contributed by atoms with van der Waals surface area (Å²) in [6.07, 6.45) is 3.49. The summed E-state index contributed by atoms with van der Waals surface area (Å²) in [7, 11) is 0. The first-order valence-electron chi connectivity index (χ1n) is 7.03. The molecule has 0 unspecified atom stereocenters. The molecule has 2 aromatic rings. The number of nitrogens with one attached hydrogen (secondary N) is 3. The largest absolute Gasteiger partial charge is 0.463 e. The SMILES string of the molecule is O=C(N[C@H]1CCCNC1)c1ccc(-c2ccco2)[nH]c1=O. The van der Waals surface area contributed by atoms with Gasteiger partial charge < -0.3 is 20.0 Å². The molecule has 0 aliphatic carbocycles. The van der Waals surface area contributed by atoms with E-state index in [1.807, 2.05) is 0 Å². The van der Waals surface area contributed by atoms with Crippen molar-refractivity contribution in [2.75, 3.05) is 13.1 Å². The van der Waals surface area contributed by atoms with Crippen LogP contribution in [0.2, 0.25) is 0 Å². The highest BCUT2D eigenvalue weighted by Gasteiger charge is 2.18. The van der Waals surface area contributed by atoms with Gasteiger partial charge in [0.2, 0.25) is 0 Å². The molecule has 1 aliphatic rings. The quantitative estimate of drug-likeness (QED) is 0.789. The average Bonchev–Trinajstić information content (AvgIpc) is 3.02. The van der Waals surface area contributed by atoms with E-state index in [2.05, 4.69) is 15.6 Å². The van der Waals surface area contributed by atoms with E-state index in [4.69, 9.17) is 4.42 Å². The molecule has 1 aliphatic heterocycles. The lowest BCUT2D eigenvalue weighted by atomic mass is 10.1. The highest BCUT2D eigenvalue weighted by atomic mass is 16.3. The molecule has 3 heterocycles. The second-order valence-electron chi connectivity index (χ2n) is 5.11. The molecule has 6 heteroatoms. The second kappa shape index (κ2) is 5.97. The van der Waals surface area contributed by atoms with Crippen molar-refractivity contribution in [1.82, 2.24) is 15.6 Å². The van der Waals surface area contributed by atoms with E-state index in [0.717, 1.165) is 25.9 Å². The van der Waals surface area contributed by atoms with Crippen LogP contribution in [-0.4, -0.2) is 30.0 Å². The van der Waals surface area contributed by atoms with Crippen molar-refractivity contribution >= 4 is 5.91 Å². The number of aromatic nitrogens is 1. The fourth-order valence-electron chi connectivity index (χ4n) is 2.47. The molecule has 0 aromatic carbocycles. The van der Waals surface area contributed by atoms with Gasteiger partial charge in [0, 0.05) is 12.6 Å². The predicted molar refractivity (Wildman–Crippen MR) is 78.1 cm³/mol. The zero-order valence-corrected chi connectivity index (χ0v) is 11.5. The van der Waals surface area contributed by atoms with Crippen LogP contribution in [0.25, 0.3) is 11.5 Å². The number of furan rings is 1. The molecular formula is C15H17N3O3. The Kier molecular flexibility index (Phi) is 3.87. The van der Waals surface area contributed by atoms with Gasteiger partial charge in [-0.2, -0.15) is 0 Å². The third-order valence-electron chi connectivity index (χ3n) is 3.57. The zero-order valence-electron chi connectivity index (χ0n) is 11.5. The lowest BCUT2D eigenvalue weighted by molar-refractivity contribution is 0.0929. The molecule has 110 valence electrons. The number of carbonyl (C=O) groups is 1. The van der Waals surface area contributed by atoms with Crippen LogP contribution in [0.3, 0.4) is 0 Å². The zero-order chi connectivity index (χ0) is 14.7. The van der Waals surface area contributed by atoms with Crippen molar-refractivity contribution in [3.05, 3.63) is 46.4 Å². The molecule has 0 spiro atoms. The monoisotopic (exact) mass is 287 g/mol. The third-order valence-corrected chi connectivity index (χ3v) is 3.57. The Balaban J connectivity index is 1.76. The molecule has 6 nitrogen and oxygen atoms in total. The number of rotatable bonds is 3. The summed E-state index contributed by atoms with van der Waals surface area (Å²) in [5.74, 6) is 0.228. The number of hydrogen-bond donors (Lipinski definition) is 3. The first kappa shape index (κ1) is 13.6. The molecule has 2 aromatic heterocycles. The van der Waals surface area contributed by atoms with Crippen molar-refractivity contribution in [1.29, 1.82) is 0 Å². The first-order chi connectivity index (χ1) is 10.2. The molecule has 1 atom stereocenters. The van der Waals surface area contributed by atoms with Crippen LogP contribution in [0.15, 0.2) is 39.7 Å². The summed E-state index contributed by atoms with van der Waals surface area (Å²) in [4.78, 5) is 26.9. The van der Waals surface area contributed by atoms with Gasteiger partial charge in [0.15, 0.2) is 0 Å². The Morgan fingerprint density at radius 1 is 1.33 bits per heavy atom. The number of pyridine rings is 1. The molecule has 1 amide bonds. The second-order valence-corrected chi connectivity index (χ2v) is 5.11. The molecular weight excluding hydrogens is 270 g/mol. The summed E-state index contributed by atoms with van der Waals surface area (Å²) in [6, 6.07) is 6.77. The minimum absolute atomic E-state index is 0.0791. The van der Waals surface area contributed by atoms with Gasteiger partial charge in [-0.3, -0.25) is 9.59 Å². The summed E-state index contributed by atoms with van der Waals surface area (Å²) >= 11 is 0. The molecule has 0 bridgehead atoms. The van der Waals surface area contributed by atoms with Gasteiger partial charge in [-0.1, -0.05) is 0 Å². The van der Waals surface area contributed by atoms with E-state index < -0.39 is 5.56 Å². The van der Waals surface area contributed by atoms with Gasteiger partial charge in [0.05, 0.1) is 12.0 Å². The van der Waals surface area contributed by atoms with Crippen molar-refractivity contribution in [2.24, 2.45) is 0 Å². The maximum absolute atomic E-state index is 12.1. The maximum atomic E-state index is 12.1. The topological polar surface area (TPSA) is 87.1 Å². The van der Waals surface area contributed by atoms with E-state index in [9.17, 15) is 9.59 Å². The summed E-state index contributed by atoms with van der Waals surface area (Å²) < 4.78 is 5.22. The van der Waals surface area contributed by atoms with Crippen molar-refractivity contribution in [2.45, 2.75) is 18.9 Å². The summed E-state index contributed by atoms with van der Waals surface area (Å²) in [6.45, 7) is 1.72. The Morgan fingerprint density at radius 3 is 2.90 bits per heavy atom. The van der Waals surface area contributed by atoms with Crippen molar-refractivity contribution < 1.29 is 9.21 Å². The standard InChI is InChI=1S/C15H17N3O3/c19-14(17-10-3-1-7-16-9-10)11-5-6-12(18-15(11)20)13-4-2-8-21-13/h2,4-6,8,10,16H,1,3,7,9H2,(H,17,19)(H,18,20)/t10-/m0/s1. The van der Waals surface area contributed by atoms with Crippen LogP contribution in [0.4, 0.5) is 0 Å². The highest BCUT2D eigenvalue weighted by Crippen LogP contribution is 2.15. The fraction of sp³-hybridized carbons (Fsp3) is 0.333. The minimum atomic E-state index is -0.412. The van der Waals surface area contributed by atoms with Gasteiger partial charge in [-0.25, -0.2) is 0 Å². The van der Waals surface area contributed by atoms with Crippen LogP contribution >= 0.6 is 0 Å². The summed E-state index contributed by atoms with van der Waals surface area (Å²) in [5.41, 5.74) is 0.266. The third kappa shape index (κ3) is 3.05. The van der Waals surface area contributed by atoms with Gasteiger partial charge >= 0.3 is 0 Å². The first-order valence-corrected chi connectivity index (χ1v) is 7.03. The van der Waals surface area contributed by atoms with E-state index in [-0.39, 0.29) is 17.5 Å². The van der Waals surface area contributed by atoms with E-state index >= 15 is 0 Å². The molecule has 3 N–H and O–H groups in total. The number of H-pyrrole nitrogens is 1. The number of amides is 1. The van der Waals surface area contributed by atoms with Crippen LogP contribution in [0, 0.1) is 0 Å². The normalized spacial score (nSPS) is 18.4. The maximum Gasteiger partial charge on any atom is 0.261 e. The van der Waals surface area contributed by atoms with Crippen LogP contribution in [-0.2, 0) is 0 Å². The number of aromatic amines is 1. The van der Waals surface area contributed by atoms with Crippen LogP contribution in [0.5, 0.6) is 0 Å². The molecule has 3 rings (SSSR count).